The predicted octanol–water partition coefficient (Wildman–Crippen LogP) is 3.07. The second-order valence-corrected chi connectivity index (χ2v) is 5.37. The molecule has 4 nitrogen and oxygen atoms in total. The summed E-state index contributed by atoms with van der Waals surface area (Å²) in [6, 6.07) is 5.44. The summed E-state index contributed by atoms with van der Waals surface area (Å²) in [7, 11) is 0. The molecule has 100 valence electrons. The Bertz CT molecular complexity index is 530. The average molecular weight is 259 g/mol. The maximum Gasteiger partial charge on any atom is 0.335 e. The van der Waals surface area contributed by atoms with E-state index in [9.17, 15) is 4.79 Å². The molecule has 1 aromatic carbocycles. The topological polar surface area (TPSA) is 70.3 Å². The molecule has 1 fully saturated rings. The van der Waals surface area contributed by atoms with Gasteiger partial charge in [0.25, 0.3) is 0 Å². The quantitative estimate of drug-likeness (QED) is 0.882. The van der Waals surface area contributed by atoms with Crippen molar-refractivity contribution < 1.29 is 14.6 Å². The number of nitriles is 1. The highest BCUT2D eigenvalue weighted by molar-refractivity contribution is 5.88. The van der Waals surface area contributed by atoms with Gasteiger partial charge in [0, 0.05) is 11.8 Å². The van der Waals surface area contributed by atoms with Crippen molar-refractivity contribution in [2.24, 2.45) is 5.41 Å². The fraction of sp³-hybridized carbons (Fsp3) is 0.467. The number of carbonyl (C=O) groups is 1. The number of ether oxygens (including phenoxy) is 1. The molecule has 1 aromatic rings. The van der Waals surface area contributed by atoms with Gasteiger partial charge in [-0.15, -0.1) is 0 Å². The Morgan fingerprint density at radius 3 is 2.42 bits per heavy atom. The lowest BCUT2D eigenvalue weighted by molar-refractivity contribution is 0.0696. The van der Waals surface area contributed by atoms with Crippen molar-refractivity contribution in [3.8, 4) is 11.8 Å². The largest absolute Gasteiger partial charge is 0.492 e. The first kappa shape index (κ1) is 13.4. The van der Waals surface area contributed by atoms with Crippen LogP contribution in [0.25, 0.3) is 0 Å². The molecule has 0 spiro atoms. The summed E-state index contributed by atoms with van der Waals surface area (Å²) in [5.74, 6) is -0.185. The van der Waals surface area contributed by atoms with Gasteiger partial charge in [-0.25, -0.2) is 4.79 Å². The Balaban J connectivity index is 2.13. The maximum atomic E-state index is 11.0. The van der Waals surface area contributed by atoms with Gasteiger partial charge >= 0.3 is 5.97 Å². The summed E-state index contributed by atoms with van der Waals surface area (Å²) in [5, 5.41) is 17.8. The highest BCUT2D eigenvalue weighted by atomic mass is 16.5. The van der Waals surface area contributed by atoms with Gasteiger partial charge in [0.2, 0.25) is 0 Å². The van der Waals surface area contributed by atoms with Gasteiger partial charge < -0.3 is 9.84 Å². The van der Waals surface area contributed by atoms with Crippen molar-refractivity contribution in [1.29, 1.82) is 5.26 Å². The zero-order chi connectivity index (χ0) is 14.0. The zero-order valence-corrected chi connectivity index (χ0v) is 11.2. The average Bonchev–Trinajstić information content (AvgIpc) is 3.08. The van der Waals surface area contributed by atoms with Gasteiger partial charge in [-0.05, 0) is 49.9 Å². The lowest BCUT2D eigenvalue weighted by Gasteiger charge is -2.17. The van der Waals surface area contributed by atoms with Gasteiger partial charge in [-0.1, -0.05) is 0 Å². The molecule has 0 atom stereocenters. The molecule has 1 N–H and O–H groups in total. The molecular weight excluding hydrogens is 242 g/mol. The number of carboxylic acid groups (broad SMARTS) is 1. The molecule has 4 heteroatoms. The second-order valence-electron chi connectivity index (χ2n) is 5.37. The second kappa shape index (κ2) is 4.93. The number of carboxylic acids is 1. The Morgan fingerprint density at radius 1 is 1.42 bits per heavy atom. The number of nitrogens with zero attached hydrogens (tertiary/aromatic N) is 1. The molecule has 0 aromatic heterocycles. The predicted molar refractivity (Wildman–Crippen MR) is 70.3 cm³/mol. The molecule has 2 rings (SSSR count). The Hall–Kier alpha value is -2.02. The van der Waals surface area contributed by atoms with E-state index < -0.39 is 5.97 Å². The molecule has 0 saturated heterocycles. The van der Waals surface area contributed by atoms with E-state index in [4.69, 9.17) is 15.1 Å². The molecule has 0 amide bonds. The molecule has 0 heterocycles. The van der Waals surface area contributed by atoms with E-state index in [1.165, 1.54) is 0 Å². The summed E-state index contributed by atoms with van der Waals surface area (Å²) in [6.07, 6.45) is 2.59. The van der Waals surface area contributed by atoms with Crippen molar-refractivity contribution in [3.05, 3.63) is 28.8 Å². The highest BCUT2D eigenvalue weighted by Crippen LogP contribution is 2.49. The lowest BCUT2D eigenvalue weighted by Crippen LogP contribution is -2.14. The number of hydrogen-bond donors (Lipinski definition) is 1. The number of aryl methyl sites for hydroxylation is 2. The number of rotatable bonds is 5. The number of hydrogen-bond acceptors (Lipinski definition) is 3. The molecule has 0 radical (unpaired) electrons. The van der Waals surface area contributed by atoms with Crippen molar-refractivity contribution >= 4 is 5.97 Å². The third-order valence-corrected chi connectivity index (χ3v) is 3.64. The van der Waals surface area contributed by atoms with Crippen LogP contribution in [0.15, 0.2) is 12.1 Å². The highest BCUT2D eigenvalue weighted by Gasteiger charge is 2.43. The fourth-order valence-electron chi connectivity index (χ4n) is 2.24. The van der Waals surface area contributed by atoms with E-state index in [2.05, 4.69) is 6.07 Å². The van der Waals surface area contributed by atoms with E-state index in [1.54, 1.807) is 12.1 Å². The van der Waals surface area contributed by atoms with Gasteiger partial charge in [0.05, 0.1) is 18.2 Å². The van der Waals surface area contributed by atoms with Crippen LogP contribution in [0.3, 0.4) is 0 Å². The molecular formula is C15H17NO3. The molecule has 1 aliphatic carbocycles. The first-order valence-corrected chi connectivity index (χ1v) is 6.32. The third kappa shape index (κ3) is 2.87. The fourth-order valence-corrected chi connectivity index (χ4v) is 2.24. The molecule has 0 bridgehead atoms. The van der Waals surface area contributed by atoms with E-state index in [0.717, 1.165) is 29.7 Å². The first-order valence-electron chi connectivity index (χ1n) is 6.32. The van der Waals surface area contributed by atoms with Crippen molar-refractivity contribution in [1.82, 2.24) is 0 Å². The van der Waals surface area contributed by atoms with Crippen LogP contribution >= 0.6 is 0 Å². The third-order valence-electron chi connectivity index (χ3n) is 3.64. The number of aromatic carboxylic acids is 1. The summed E-state index contributed by atoms with van der Waals surface area (Å²) in [4.78, 5) is 11.0. The molecule has 0 aliphatic heterocycles. The maximum absolute atomic E-state index is 11.0. The number of benzene rings is 1. The van der Waals surface area contributed by atoms with E-state index >= 15 is 0 Å². The Kier molecular flexibility index (Phi) is 3.48. The first-order chi connectivity index (χ1) is 8.97. The van der Waals surface area contributed by atoms with Gasteiger partial charge in [-0.2, -0.15) is 5.26 Å². The van der Waals surface area contributed by atoms with E-state index in [-0.39, 0.29) is 11.0 Å². The molecule has 1 saturated carbocycles. The van der Waals surface area contributed by atoms with E-state index in [0.29, 0.717) is 13.0 Å². The SMILES string of the molecule is Cc1cc(C(=O)O)cc(C)c1OCC1(CC#N)CC1. The van der Waals surface area contributed by atoms with Crippen LogP contribution in [-0.4, -0.2) is 17.7 Å². The van der Waals surface area contributed by atoms with Gasteiger partial charge in [-0.3, -0.25) is 0 Å². The van der Waals surface area contributed by atoms with Crippen molar-refractivity contribution in [2.45, 2.75) is 33.1 Å². The van der Waals surface area contributed by atoms with Gasteiger partial charge in [0.15, 0.2) is 0 Å². The van der Waals surface area contributed by atoms with Crippen LogP contribution in [-0.2, 0) is 0 Å². The summed E-state index contributed by atoms with van der Waals surface area (Å²) >= 11 is 0. The summed E-state index contributed by atoms with van der Waals surface area (Å²) in [6.45, 7) is 4.23. The Labute approximate surface area is 112 Å². The minimum absolute atomic E-state index is 0.0269. The van der Waals surface area contributed by atoms with Crippen LogP contribution in [0.4, 0.5) is 0 Å². The van der Waals surface area contributed by atoms with Crippen LogP contribution in [0, 0.1) is 30.6 Å². The minimum atomic E-state index is -0.930. The zero-order valence-electron chi connectivity index (χ0n) is 11.2. The van der Waals surface area contributed by atoms with Crippen molar-refractivity contribution in [2.75, 3.05) is 6.61 Å². The van der Waals surface area contributed by atoms with Crippen LogP contribution < -0.4 is 4.74 Å². The summed E-state index contributed by atoms with van der Waals surface area (Å²) < 4.78 is 5.84. The van der Waals surface area contributed by atoms with Crippen LogP contribution in [0.5, 0.6) is 5.75 Å². The normalized spacial score (nSPS) is 15.6. The minimum Gasteiger partial charge on any atom is -0.492 e. The molecule has 1 aliphatic rings. The summed E-state index contributed by atoms with van der Waals surface area (Å²) in [5.41, 5.74) is 1.95. The van der Waals surface area contributed by atoms with Crippen molar-refractivity contribution in [3.63, 3.8) is 0 Å². The van der Waals surface area contributed by atoms with Crippen LogP contribution in [0.2, 0.25) is 0 Å². The van der Waals surface area contributed by atoms with Crippen LogP contribution in [0.1, 0.15) is 40.7 Å². The molecule has 0 unspecified atom stereocenters. The monoisotopic (exact) mass is 259 g/mol. The Morgan fingerprint density at radius 2 is 2.00 bits per heavy atom. The van der Waals surface area contributed by atoms with E-state index in [1.807, 2.05) is 13.8 Å². The van der Waals surface area contributed by atoms with Gasteiger partial charge in [0.1, 0.15) is 5.75 Å². The standard InChI is InChI=1S/C15H17NO3/c1-10-7-12(14(17)18)8-11(2)13(10)19-9-15(3-4-15)5-6-16/h7-8H,3-5,9H2,1-2H3,(H,17,18). The lowest BCUT2D eigenvalue weighted by atomic mass is 10.0. The smallest absolute Gasteiger partial charge is 0.335 e. The molecule has 19 heavy (non-hydrogen) atoms.